The van der Waals surface area contributed by atoms with Gasteiger partial charge in [0.2, 0.25) is 0 Å². The maximum Gasteiger partial charge on any atom is 0.163 e. The Balaban J connectivity index is 1.77. The highest BCUT2D eigenvalue weighted by Gasteiger charge is 2.29. The first kappa shape index (κ1) is 23.2. The minimum absolute atomic E-state index is 0.0512. The molecule has 1 aromatic heterocycles. The fourth-order valence-electron chi connectivity index (χ4n) is 4.47. The summed E-state index contributed by atoms with van der Waals surface area (Å²) in [6.07, 6.45) is 0.251. The average Bonchev–Trinajstić information content (AvgIpc) is 3.37. The van der Waals surface area contributed by atoms with Crippen molar-refractivity contribution in [1.29, 1.82) is 0 Å². The maximum atomic E-state index is 13.6. The summed E-state index contributed by atoms with van der Waals surface area (Å²) in [5.74, 6) is 0.407. The van der Waals surface area contributed by atoms with Gasteiger partial charge in [-0.3, -0.25) is 4.79 Å². The lowest BCUT2D eigenvalue weighted by Gasteiger charge is -2.25. The van der Waals surface area contributed by atoms with E-state index in [2.05, 4.69) is 22.4 Å². The third kappa shape index (κ3) is 4.82. The lowest BCUT2D eigenvalue weighted by molar-refractivity contribution is 0.0978. The Hall–Kier alpha value is -4.51. The van der Waals surface area contributed by atoms with Gasteiger partial charge in [0, 0.05) is 23.5 Å². The lowest BCUT2D eigenvalue weighted by Crippen LogP contribution is -2.17. The second kappa shape index (κ2) is 10.8. The Morgan fingerprint density at radius 1 is 0.778 bits per heavy atom. The van der Waals surface area contributed by atoms with Crippen LogP contribution in [0.1, 0.15) is 40.7 Å². The van der Waals surface area contributed by atoms with Crippen LogP contribution in [0.4, 0.5) is 0 Å². The van der Waals surface area contributed by atoms with Crippen molar-refractivity contribution in [2.75, 3.05) is 6.61 Å². The number of Topliss-reactive ketones (excluding diaryl/α,β-unsaturated/α-hetero) is 1. The van der Waals surface area contributed by atoms with Gasteiger partial charge >= 0.3 is 0 Å². The van der Waals surface area contributed by atoms with Crippen LogP contribution in [0.25, 0.3) is 22.5 Å². The summed E-state index contributed by atoms with van der Waals surface area (Å²) >= 11 is 0. The Kier molecular flexibility index (Phi) is 6.99. The Morgan fingerprint density at radius 3 is 2.03 bits per heavy atom. The highest BCUT2D eigenvalue weighted by Crippen LogP contribution is 2.39. The topological polar surface area (TPSA) is 57.0 Å². The van der Waals surface area contributed by atoms with Crippen LogP contribution in [0.3, 0.4) is 0 Å². The third-order valence-electron chi connectivity index (χ3n) is 6.15. The van der Waals surface area contributed by atoms with Crippen molar-refractivity contribution < 1.29 is 9.53 Å². The summed E-state index contributed by atoms with van der Waals surface area (Å²) in [5, 5.41) is 9.00. The summed E-state index contributed by atoms with van der Waals surface area (Å²) in [6, 6.07) is 37.3. The van der Waals surface area contributed by atoms with Crippen molar-refractivity contribution in [3.05, 3.63) is 132 Å². The van der Waals surface area contributed by atoms with Crippen molar-refractivity contribution in [1.82, 2.24) is 15.0 Å². The normalized spacial score (nSPS) is 12.7. The van der Waals surface area contributed by atoms with Crippen LogP contribution in [0.2, 0.25) is 0 Å². The Labute approximate surface area is 210 Å². The molecule has 4 aromatic carbocycles. The first-order valence-corrected chi connectivity index (χ1v) is 12.1. The number of fused-ring (bicyclic) bond motifs is 1. The van der Waals surface area contributed by atoms with Crippen LogP contribution >= 0.6 is 0 Å². The first-order chi connectivity index (χ1) is 17.8. The highest BCUT2D eigenvalue weighted by molar-refractivity contribution is 5.99. The van der Waals surface area contributed by atoms with Gasteiger partial charge in [-0.15, -0.1) is 5.10 Å². The summed E-state index contributed by atoms with van der Waals surface area (Å²) in [6.45, 7) is 2.43. The zero-order chi connectivity index (χ0) is 24.7. The third-order valence-corrected chi connectivity index (χ3v) is 6.15. The van der Waals surface area contributed by atoms with Gasteiger partial charge in [-0.05, 0) is 24.6 Å². The van der Waals surface area contributed by atoms with E-state index in [-0.39, 0.29) is 18.1 Å². The van der Waals surface area contributed by atoms with Gasteiger partial charge in [0.05, 0.1) is 17.8 Å². The molecule has 0 bridgehead atoms. The molecular formula is C31H27N3O2. The Morgan fingerprint density at radius 2 is 1.36 bits per heavy atom. The molecule has 0 aliphatic carbocycles. The molecule has 5 heteroatoms. The van der Waals surface area contributed by atoms with Gasteiger partial charge in [0.25, 0.3) is 0 Å². The van der Waals surface area contributed by atoms with Crippen molar-refractivity contribution in [2.45, 2.75) is 19.3 Å². The van der Waals surface area contributed by atoms with Gasteiger partial charge in [0.15, 0.2) is 5.78 Å². The predicted octanol–water partition coefficient (Wildman–Crippen LogP) is 6.85. The molecule has 0 aliphatic rings. The summed E-state index contributed by atoms with van der Waals surface area (Å²) < 4.78 is 8.17. The van der Waals surface area contributed by atoms with Crippen LogP contribution < -0.4 is 0 Å². The molecule has 0 radical (unpaired) electrons. The lowest BCUT2D eigenvalue weighted by atomic mass is 9.87. The number of para-hydroxylation sites is 1. The quantitative estimate of drug-likeness (QED) is 0.173. The second-order valence-corrected chi connectivity index (χ2v) is 8.46. The number of benzene rings is 4. The van der Waals surface area contributed by atoms with Crippen LogP contribution in [0.5, 0.6) is 0 Å². The van der Waals surface area contributed by atoms with E-state index < -0.39 is 0 Å². The minimum atomic E-state index is -0.328. The second-order valence-electron chi connectivity index (χ2n) is 8.46. The molecule has 0 spiro atoms. The van der Waals surface area contributed by atoms with Gasteiger partial charge in [-0.1, -0.05) is 108 Å². The molecule has 0 saturated heterocycles. The molecule has 5 nitrogen and oxygen atoms in total. The molecule has 178 valence electrons. The van der Waals surface area contributed by atoms with Crippen molar-refractivity contribution in [3.63, 3.8) is 0 Å². The van der Waals surface area contributed by atoms with E-state index in [4.69, 9.17) is 4.74 Å². The molecule has 0 N–H and O–H groups in total. The van der Waals surface area contributed by atoms with Crippen LogP contribution in [0.15, 0.2) is 115 Å². The number of ether oxygens (including phenoxy) is 1. The highest BCUT2D eigenvalue weighted by atomic mass is 16.5. The largest absolute Gasteiger partial charge is 0.491 e. The number of carbonyl (C=O) groups is 1. The zero-order valence-corrected chi connectivity index (χ0v) is 20.1. The molecule has 5 aromatic rings. The van der Waals surface area contributed by atoms with Crippen molar-refractivity contribution in [2.24, 2.45) is 0 Å². The molecule has 0 amide bonds. The van der Waals surface area contributed by atoms with E-state index in [1.54, 1.807) is 0 Å². The maximum absolute atomic E-state index is 13.6. The monoisotopic (exact) mass is 473 g/mol. The smallest absolute Gasteiger partial charge is 0.163 e. The SMILES string of the molecule is CCO/C(=C(\C(CC(=O)c1ccccc1)c1ccccc1)n1nnc2ccccc21)c1ccccc1. The standard InChI is InChI=1S/C31H27N3O2/c1-2-36-31(25-18-10-5-11-19-25)30(34-28-21-13-12-20-27(28)32-33-34)26(23-14-6-3-7-15-23)22-29(35)24-16-8-4-9-17-24/h3-21,26H,2,22H2,1H3/b31-30+. The van der Waals surface area contributed by atoms with Crippen LogP contribution in [0, 0.1) is 0 Å². The number of hydrogen-bond donors (Lipinski definition) is 0. The fourth-order valence-corrected chi connectivity index (χ4v) is 4.47. The molecule has 0 aliphatic heterocycles. The average molecular weight is 474 g/mol. The van der Waals surface area contributed by atoms with Crippen molar-refractivity contribution >= 4 is 28.3 Å². The molecule has 1 atom stereocenters. The molecule has 0 fully saturated rings. The number of nitrogens with zero attached hydrogens (tertiary/aromatic N) is 3. The summed E-state index contributed by atoms with van der Waals surface area (Å²) in [5.41, 5.74) is 5.02. The van der Waals surface area contributed by atoms with Crippen LogP contribution in [-0.4, -0.2) is 27.4 Å². The number of aromatic nitrogens is 3. The number of hydrogen-bond acceptors (Lipinski definition) is 4. The van der Waals surface area contributed by atoms with E-state index in [1.807, 2.05) is 115 Å². The van der Waals surface area contributed by atoms with Crippen molar-refractivity contribution in [3.8, 4) is 0 Å². The Bertz CT molecular complexity index is 1480. The molecule has 1 heterocycles. The molecule has 5 rings (SSSR count). The summed E-state index contributed by atoms with van der Waals surface area (Å²) in [7, 11) is 0. The van der Waals surface area contributed by atoms with E-state index in [9.17, 15) is 4.79 Å². The van der Waals surface area contributed by atoms with Gasteiger partial charge < -0.3 is 4.74 Å². The van der Waals surface area contributed by atoms with E-state index >= 15 is 0 Å². The molecule has 36 heavy (non-hydrogen) atoms. The number of carbonyl (C=O) groups excluding carboxylic acids is 1. The minimum Gasteiger partial charge on any atom is -0.491 e. The van der Waals surface area contributed by atoms with Gasteiger partial charge in [0.1, 0.15) is 11.3 Å². The summed E-state index contributed by atoms with van der Waals surface area (Å²) in [4.78, 5) is 13.6. The molecule has 1 unspecified atom stereocenters. The van der Waals surface area contributed by atoms with Crippen LogP contribution in [-0.2, 0) is 4.74 Å². The van der Waals surface area contributed by atoms with E-state index in [1.165, 1.54) is 0 Å². The van der Waals surface area contributed by atoms with Gasteiger partial charge in [-0.2, -0.15) is 0 Å². The molecular weight excluding hydrogens is 446 g/mol. The van der Waals surface area contributed by atoms with E-state index in [0.717, 1.165) is 27.9 Å². The number of ketones is 1. The molecule has 0 saturated carbocycles. The zero-order valence-electron chi connectivity index (χ0n) is 20.1. The first-order valence-electron chi connectivity index (χ1n) is 12.1. The van der Waals surface area contributed by atoms with Gasteiger partial charge in [-0.25, -0.2) is 4.68 Å². The fraction of sp³-hybridized carbons (Fsp3) is 0.129. The predicted molar refractivity (Wildman–Crippen MR) is 143 cm³/mol. The number of rotatable bonds is 9. The number of allylic oxidation sites excluding steroid dienone is 1. The van der Waals surface area contributed by atoms with E-state index in [0.29, 0.717) is 17.9 Å².